The average Bonchev–Trinajstić information content (AvgIpc) is 2.30. The number of rotatable bonds is 3. The first-order chi connectivity index (χ1) is 8.11. The highest BCUT2D eigenvalue weighted by Gasteiger charge is 2.21. The van der Waals surface area contributed by atoms with Crippen molar-refractivity contribution in [3.63, 3.8) is 0 Å². The topological polar surface area (TPSA) is 65.3 Å². The minimum atomic E-state index is -0.520. The van der Waals surface area contributed by atoms with Gasteiger partial charge in [-0.2, -0.15) is 0 Å². The first-order valence-electron chi connectivity index (χ1n) is 4.84. The summed E-state index contributed by atoms with van der Waals surface area (Å²) in [4.78, 5) is 14.2. The Bertz CT molecular complexity index is 491. The molecule has 0 spiro atoms. The fourth-order valence-electron chi connectivity index (χ4n) is 1.26. The summed E-state index contributed by atoms with van der Waals surface area (Å²) in [7, 11) is 1.34. The zero-order valence-corrected chi connectivity index (χ0v) is 10.2. The molecule has 17 heavy (non-hydrogen) atoms. The Labute approximate surface area is 104 Å². The first kappa shape index (κ1) is 13.3. The predicted molar refractivity (Wildman–Crippen MR) is 64.4 cm³/mol. The number of hydrogen-bond donors (Lipinski definition) is 0. The molecule has 0 saturated heterocycles. The number of nitrogens with zero attached hydrogens (tertiary/aromatic N) is 2. The maximum absolute atomic E-state index is 10.9. The average molecular weight is 255 g/mol. The van der Waals surface area contributed by atoms with Crippen molar-refractivity contribution in [1.82, 2.24) is 4.98 Å². The van der Waals surface area contributed by atoms with E-state index in [1.807, 2.05) is 0 Å². The lowest BCUT2D eigenvalue weighted by Gasteiger charge is -2.04. The standard InChI is InChI=1S/C11H11ClN2O3/c1-8-9(5-3-4-6-12)7-13-11(17-2)10(8)14(15)16/h7H,4,6H2,1-2H3. The van der Waals surface area contributed by atoms with Crippen LogP contribution in [0.1, 0.15) is 17.5 Å². The molecule has 1 heterocycles. The molecule has 0 unspecified atom stereocenters. The summed E-state index contributed by atoms with van der Waals surface area (Å²) in [6.07, 6.45) is 1.99. The van der Waals surface area contributed by atoms with Crippen LogP contribution < -0.4 is 4.74 Å². The first-order valence-corrected chi connectivity index (χ1v) is 5.38. The van der Waals surface area contributed by atoms with Gasteiger partial charge in [0.1, 0.15) is 0 Å². The summed E-state index contributed by atoms with van der Waals surface area (Å²) in [5.74, 6) is 6.04. The van der Waals surface area contributed by atoms with E-state index in [0.29, 0.717) is 23.4 Å². The number of methoxy groups -OCH3 is 1. The molecule has 0 aliphatic carbocycles. The maximum atomic E-state index is 10.9. The summed E-state index contributed by atoms with van der Waals surface area (Å²) in [6, 6.07) is 0. The molecule has 1 rings (SSSR count). The van der Waals surface area contributed by atoms with Gasteiger partial charge in [0.2, 0.25) is 0 Å². The highest BCUT2D eigenvalue weighted by atomic mass is 35.5. The van der Waals surface area contributed by atoms with Crippen LogP contribution in [0.25, 0.3) is 0 Å². The van der Waals surface area contributed by atoms with Crippen molar-refractivity contribution in [3.8, 4) is 17.7 Å². The lowest BCUT2D eigenvalue weighted by molar-refractivity contribution is -0.386. The second-order valence-corrected chi connectivity index (χ2v) is 3.53. The lowest BCUT2D eigenvalue weighted by atomic mass is 10.1. The van der Waals surface area contributed by atoms with Crippen LogP contribution in [0.15, 0.2) is 6.20 Å². The van der Waals surface area contributed by atoms with Gasteiger partial charge in [0, 0.05) is 24.1 Å². The van der Waals surface area contributed by atoms with Crippen LogP contribution in [0.2, 0.25) is 0 Å². The van der Waals surface area contributed by atoms with Gasteiger partial charge in [0.05, 0.1) is 17.6 Å². The Balaban J connectivity index is 3.25. The third-order valence-electron chi connectivity index (χ3n) is 2.09. The molecule has 0 amide bonds. The van der Waals surface area contributed by atoms with E-state index in [1.165, 1.54) is 13.3 Å². The second kappa shape index (κ2) is 6.06. The van der Waals surface area contributed by atoms with Crippen molar-refractivity contribution in [2.24, 2.45) is 0 Å². The number of hydrogen-bond acceptors (Lipinski definition) is 4. The zero-order chi connectivity index (χ0) is 12.8. The van der Waals surface area contributed by atoms with Crippen molar-refractivity contribution < 1.29 is 9.66 Å². The third kappa shape index (κ3) is 3.08. The molecule has 90 valence electrons. The molecule has 0 radical (unpaired) electrons. The fraction of sp³-hybridized carbons (Fsp3) is 0.364. The van der Waals surface area contributed by atoms with Gasteiger partial charge in [0.25, 0.3) is 5.88 Å². The van der Waals surface area contributed by atoms with E-state index in [0.717, 1.165) is 0 Å². The Morgan fingerprint density at radius 2 is 2.35 bits per heavy atom. The molecule has 0 bridgehead atoms. The van der Waals surface area contributed by atoms with Gasteiger partial charge < -0.3 is 4.74 Å². The number of ether oxygens (including phenoxy) is 1. The van der Waals surface area contributed by atoms with Crippen molar-refractivity contribution in [2.75, 3.05) is 13.0 Å². The van der Waals surface area contributed by atoms with Gasteiger partial charge in [-0.05, 0) is 6.92 Å². The van der Waals surface area contributed by atoms with Crippen LogP contribution in [-0.4, -0.2) is 22.9 Å². The molecule has 0 aromatic carbocycles. The van der Waals surface area contributed by atoms with Crippen LogP contribution in [-0.2, 0) is 0 Å². The molecule has 0 atom stereocenters. The number of alkyl halides is 1. The molecule has 0 aliphatic heterocycles. The molecular formula is C11H11ClN2O3. The third-order valence-corrected chi connectivity index (χ3v) is 2.28. The SMILES string of the molecule is COc1ncc(C#CCCCl)c(C)c1[N+](=O)[O-]. The Morgan fingerprint density at radius 1 is 1.65 bits per heavy atom. The number of aromatic nitrogens is 1. The van der Waals surface area contributed by atoms with Gasteiger partial charge in [0.15, 0.2) is 0 Å². The van der Waals surface area contributed by atoms with Crippen molar-refractivity contribution >= 4 is 17.3 Å². The molecule has 6 heteroatoms. The minimum absolute atomic E-state index is 0.00427. The Morgan fingerprint density at radius 3 is 2.88 bits per heavy atom. The summed E-state index contributed by atoms with van der Waals surface area (Å²) in [6.45, 7) is 1.62. The van der Waals surface area contributed by atoms with Crippen molar-refractivity contribution in [3.05, 3.63) is 27.4 Å². The Kier molecular flexibility index (Phi) is 4.73. The summed E-state index contributed by atoms with van der Waals surface area (Å²) >= 11 is 5.49. The van der Waals surface area contributed by atoms with Gasteiger partial charge in [-0.15, -0.1) is 11.6 Å². The second-order valence-electron chi connectivity index (χ2n) is 3.15. The van der Waals surface area contributed by atoms with E-state index in [-0.39, 0.29) is 11.6 Å². The largest absolute Gasteiger partial charge is 0.476 e. The van der Waals surface area contributed by atoms with E-state index >= 15 is 0 Å². The monoisotopic (exact) mass is 254 g/mol. The summed E-state index contributed by atoms with van der Waals surface area (Å²) in [5.41, 5.74) is 0.816. The predicted octanol–water partition coefficient (Wildman–Crippen LogP) is 2.29. The van der Waals surface area contributed by atoms with E-state index in [4.69, 9.17) is 16.3 Å². The lowest BCUT2D eigenvalue weighted by Crippen LogP contribution is -2.00. The normalized spacial score (nSPS) is 9.35. The molecule has 0 N–H and O–H groups in total. The quantitative estimate of drug-likeness (QED) is 0.359. The van der Waals surface area contributed by atoms with Gasteiger partial charge in [-0.25, -0.2) is 4.98 Å². The van der Waals surface area contributed by atoms with Gasteiger partial charge >= 0.3 is 5.69 Å². The summed E-state index contributed by atoms with van der Waals surface area (Å²) < 4.78 is 4.85. The zero-order valence-electron chi connectivity index (χ0n) is 9.49. The van der Waals surface area contributed by atoms with E-state index in [9.17, 15) is 10.1 Å². The van der Waals surface area contributed by atoms with Crippen LogP contribution in [0, 0.1) is 28.9 Å². The molecular weight excluding hydrogens is 244 g/mol. The smallest absolute Gasteiger partial charge is 0.335 e. The van der Waals surface area contributed by atoms with Crippen LogP contribution >= 0.6 is 11.6 Å². The molecule has 0 fully saturated rings. The van der Waals surface area contributed by atoms with E-state index in [1.54, 1.807) is 6.92 Å². The number of nitro groups is 1. The molecule has 1 aromatic heterocycles. The fourth-order valence-corrected chi connectivity index (χ4v) is 1.36. The van der Waals surface area contributed by atoms with Crippen molar-refractivity contribution in [1.29, 1.82) is 0 Å². The van der Waals surface area contributed by atoms with Crippen LogP contribution in [0.5, 0.6) is 5.88 Å². The van der Waals surface area contributed by atoms with Gasteiger partial charge in [-0.3, -0.25) is 10.1 Å². The van der Waals surface area contributed by atoms with Gasteiger partial charge in [-0.1, -0.05) is 11.8 Å². The molecule has 0 aliphatic rings. The number of pyridine rings is 1. The number of halogens is 1. The Hall–Kier alpha value is -1.80. The van der Waals surface area contributed by atoms with Crippen LogP contribution in [0.4, 0.5) is 5.69 Å². The molecule has 1 aromatic rings. The highest BCUT2D eigenvalue weighted by Crippen LogP contribution is 2.29. The van der Waals surface area contributed by atoms with E-state index < -0.39 is 4.92 Å². The van der Waals surface area contributed by atoms with Crippen molar-refractivity contribution in [2.45, 2.75) is 13.3 Å². The highest BCUT2D eigenvalue weighted by molar-refractivity contribution is 6.18. The summed E-state index contributed by atoms with van der Waals surface area (Å²) in [5, 5.41) is 10.9. The molecule has 0 saturated carbocycles. The molecule has 5 nitrogen and oxygen atoms in total. The maximum Gasteiger partial charge on any atom is 0.335 e. The van der Waals surface area contributed by atoms with E-state index in [2.05, 4.69) is 16.8 Å². The minimum Gasteiger partial charge on any atom is -0.476 e. The van der Waals surface area contributed by atoms with Crippen LogP contribution in [0.3, 0.4) is 0 Å².